The molecule has 0 aliphatic carbocycles. The second-order valence-corrected chi connectivity index (χ2v) is 7.60. The molecule has 0 aliphatic rings. The van der Waals surface area contributed by atoms with E-state index in [-0.39, 0.29) is 0 Å². The fraction of sp³-hybridized carbons (Fsp3) is 0.111. The molecule has 0 atom stereocenters. The van der Waals surface area contributed by atoms with Crippen LogP contribution in [-0.4, -0.2) is 0 Å². The molecule has 0 heteroatoms. The first-order valence-corrected chi connectivity index (χ1v) is 9.66. The summed E-state index contributed by atoms with van der Waals surface area (Å²) in [6.45, 7) is 4.59. The quantitative estimate of drug-likeness (QED) is 0.285. The van der Waals surface area contributed by atoms with E-state index in [0.29, 0.717) is 5.92 Å². The zero-order valence-corrected chi connectivity index (χ0v) is 15.7. The molecule has 0 N–H and O–H groups in total. The zero-order chi connectivity index (χ0) is 18.4. The van der Waals surface area contributed by atoms with Crippen molar-refractivity contribution < 1.29 is 0 Å². The van der Waals surface area contributed by atoms with Crippen molar-refractivity contribution in [3.63, 3.8) is 0 Å². The highest BCUT2D eigenvalue weighted by molar-refractivity contribution is 6.15. The molecule has 0 spiro atoms. The molecule has 0 amide bonds. The van der Waals surface area contributed by atoms with E-state index in [2.05, 4.69) is 105 Å². The number of benzene rings is 5. The van der Waals surface area contributed by atoms with Crippen molar-refractivity contribution in [2.45, 2.75) is 19.8 Å². The van der Waals surface area contributed by atoms with Crippen LogP contribution in [-0.2, 0) is 0 Å². The molecule has 0 nitrogen and oxygen atoms in total. The molecule has 0 aromatic heterocycles. The van der Waals surface area contributed by atoms with Crippen molar-refractivity contribution in [1.29, 1.82) is 0 Å². The molecule has 5 aromatic carbocycles. The summed E-state index contributed by atoms with van der Waals surface area (Å²) >= 11 is 0. The van der Waals surface area contributed by atoms with Gasteiger partial charge in [-0.1, -0.05) is 98.8 Å². The van der Waals surface area contributed by atoms with Gasteiger partial charge in [-0.05, 0) is 61.0 Å². The monoisotopic (exact) mass is 346 g/mol. The summed E-state index contributed by atoms with van der Waals surface area (Å²) in [6, 6.07) is 33.2. The van der Waals surface area contributed by atoms with E-state index in [1.807, 2.05) is 0 Å². The SMILES string of the molecule is CC(C)c1c2ccccc2c(-c2ccc3ccccc3c2)c2ccccc12. The Balaban J connectivity index is 1.97. The van der Waals surface area contributed by atoms with Crippen LogP contribution in [0.15, 0.2) is 91.0 Å². The van der Waals surface area contributed by atoms with Crippen LogP contribution in [0.2, 0.25) is 0 Å². The van der Waals surface area contributed by atoms with Gasteiger partial charge in [-0.15, -0.1) is 0 Å². The van der Waals surface area contributed by atoms with Crippen LogP contribution in [0.1, 0.15) is 25.3 Å². The Bertz CT molecular complexity index is 1230. The van der Waals surface area contributed by atoms with Gasteiger partial charge in [-0.2, -0.15) is 0 Å². The summed E-state index contributed by atoms with van der Waals surface area (Å²) in [5, 5.41) is 8.00. The lowest BCUT2D eigenvalue weighted by Crippen LogP contribution is -1.95. The molecule has 0 bridgehead atoms. The highest BCUT2D eigenvalue weighted by Crippen LogP contribution is 2.42. The Morgan fingerprint density at radius 3 is 1.63 bits per heavy atom. The maximum Gasteiger partial charge on any atom is -0.00264 e. The van der Waals surface area contributed by atoms with Gasteiger partial charge < -0.3 is 0 Å². The Morgan fingerprint density at radius 1 is 0.519 bits per heavy atom. The van der Waals surface area contributed by atoms with E-state index in [1.165, 1.54) is 49.0 Å². The van der Waals surface area contributed by atoms with Crippen molar-refractivity contribution in [3.8, 4) is 11.1 Å². The molecule has 0 unspecified atom stereocenters. The van der Waals surface area contributed by atoms with Gasteiger partial charge in [0.25, 0.3) is 0 Å². The minimum absolute atomic E-state index is 0.477. The van der Waals surface area contributed by atoms with Crippen molar-refractivity contribution in [1.82, 2.24) is 0 Å². The minimum atomic E-state index is 0.477. The summed E-state index contributed by atoms with van der Waals surface area (Å²) in [5.74, 6) is 0.477. The molecule has 5 aromatic rings. The summed E-state index contributed by atoms with van der Waals surface area (Å²) in [6.07, 6.45) is 0. The molecule has 5 rings (SSSR count). The van der Waals surface area contributed by atoms with Crippen molar-refractivity contribution in [2.24, 2.45) is 0 Å². The van der Waals surface area contributed by atoms with Crippen LogP contribution in [0.4, 0.5) is 0 Å². The van der Waals surface area contributed by atoms with E-state index >= 15 is 0 Å². The third-order valence-corrected chi connectivity index (χ3v) is 5.59. The van der Waals surface area contributed by atoms with Gasteiger partial charge in [0.05, 0.1) is 0 Å². The van der Waals surface area contributed by atoms with E-state index < -0.39 is 0 Å². The molecular formula is C27H22. The molecule has 27 heavy (non-hydrogen) atoms. The van der Waals surface area contributed by atoms with Crippen LogP contribution in [0.5, 0.6) is 0 Å². The largest absolute Gasteiger partial charge is 0.0616 e. The van der Waals surface area contributed by atoms with Crippen molar-refractivity contribution in [2.75, 3.05) is 0 Å². The fourth-order valence-corrected chi connectivity index (χ4v) is 4.44. The second-order valence-electron chi connectivity index (χ2n) is 7.60. The van der Waals surface area contributed by atoms with Gasteiger partial charge in [-0.3, -0.25) is 0 Å². The van der Waals surface area contributed by atoms with Gasteiger partial charge in [-0.25, -0.2) is 0 Å². The summed E-state index contributed by atoms with van der Waals surface area (Å²) in [7, 11) is 0. The predicted octanol–water partition coefficient (Wildman–Crippen LogP) is 7.94. The van der Waals surface area contributed by atoms with Gasteiger partial charge in [0, 0.05) is 0 Å². The zero-order valence-electron chi connectivity index (χ0n) is 15.7. The molecule has 130 valence electrons. The van der Waals surface area contributed by atoms with E-state index in [0.717, 1.165) is 0 Å². The first-order valence-electron chi connectivity index (χ1n) is 9.66. The van der Waals surface area contributed by atoms with Gasteiger partial charge in [0.2, 0.25) is 0 Å². The standard InChI is InChI=1S/C27H22/c1-18(2)26-22-11-5-7-13-24(22)27(25-14-8-6-12-23(25)26)21-16-15-19-9-3-4-10-20(19)17-21/h3-18H,1-2H3. The van der Waals surface area contributed by atoms with Crippen LogP contribution in [0.25, 0.3) is 43.4 Å². The summed E-state index contributed by atoms with van der Waals surface area (Å²) in [4.78, 5) is 0. The summed E-state index contributed by atoms with van der Waals surface area (Å²) in [5.41, 5.74) is 4.08. The van der Waals surface area contributed by atoms with Crippen LogP contribution in [0.3, 0.4) is 0 Å². The van der Waals surface area contributed by atoms with Gasteiger partial charge >= 0.3 is 0 Å². The minimum Gasteiger partial charge on any atom is -0.0616 e. The molecule has 0 heterocycles. The van der Waals surface area contributed by atoms with Crippen LogP contribution >= 0.6 is 0 Å². The van der Waals surface area contributed by atoms with Crippen LogP contribution in [0, 0.1) is 0 Å². The molecule has 0 saturated heterocycles. The maximum atomic E-state index is 2.33. The third-order valence-electron chi connectivity index (χ3n) is 5.59. The lowest BCUT2D eigenvalue weighted by Gasteiger charge is -2.19. The molecule has 0 radical (unpaired) electrons. The number of rotatable bonds is 2. The van der Waals surface area contributed by atoms with Gasteiger partial charge in [0.15, 0.2) is 0 Å². The second kappa shape index (κ2) is 6.25. The Kier molecular flexibility index (Phi) is 3.72. The summed E-state index contributed by atoms with van der Waals surface area (Å²) < 4.78 is 0. The smallest absolute Gasteiger partial charge is 0.00264 e. The predicted molar refractivity (Wildman–Crippen MR) is 118 cm³/mol. The average Bonchev–Trinajstić information content (AvgIpc) is 2.71. The molecular weight excluding hydrogens is 324 g/mol. The average molecular weight is 346 g/mol. The van der Waals surface area contributed by atoms with Crippen molar-refractivity contribution in [3.05, 3.63) is 96.6 Å². The lowest BCUT2D eigenvalue weighted by molar-refractivity contribution is 0.885. The number of hydrogen-bond acceptors (Lipinski definition) is 0. The Morgan fingerprint density at radius 2 is 1.04 bits per heavy atom. The van der Waals surface area contributed by atoms with E-state index in [9.17, 15) is 0 Å². The molecule has 0 saturated carbocycles. The Labute approximate surface area is 160 Å². The third kappa shape index (κ3) is 2.52. The highest BCUT2D eigenvalue weighted by atomic mass is 14.2. The molecule has 0 aliphatic heterocycles. The Hall–Kier alpha value is -3.12. The lowest BCUT2D eigenvalue weighted by atomic mass is 9.84. The van der Waals surface area contributed by atoms with Gasteiger partial charge in [0.1, 0.15) is 0 Å². The first-order chi connectivity index (χ1) is 13.2. The number of hydrogen-bond donors (Lipinski definition) is 0. The number of fused-ring (bicyclic) bond motifs is 3. The normalized spacial score (nSPS) is 11.7. The topological polar surface area (TPSA) is 0 Å². The van der Waals surface area contributed by atoms with Crippen molar-refractivity contribution >= 4 is 32.3 Å². The van der Waals surface area contributed by atoms with E-state index in [1.54, 1.807) is 0 Å². The fourth-order valence-electron chi connectivity index (χ4n) is 4.44. The maximum absolute atomic E-state index is 2.33. The van der Waals surface area contributed by atoms with E-state index in [4.69, 9.17) is 0 Å². The van der Waals surface area contributed by atoms with Crippen LogP contribution < -0.4 is 0 Å². The molecule has 0 fully saturated rings. The first kappa shape index (κ1) is 16.1. The highest BCUT2D eigenvalue weighted by Gasteiger charge is 2.16.